The highest BCUT2D eigenvalue weighted by molar-refractivity contribution is 6.05. The zero-order valence-corrected chi connectivity index (χ0v) is 25.3. The Hall–Kier alpha value is -4.00. The summed E-state index contributed by atoms with van der Waals surface area (Å²) < 4.78 is 55.1. The minimum absolute atomic E-state index is 0.0599. The van der Waals surface area contributed by atoms with E-state index in [1.165, 1.54) is 18.2 Å². The summed E-state index contributed by atoms with van der Waals surface area (Å²) in [5.74, 6) is 3.52. The van der Waals surface area contributed by atoms with Gasteiger partial charge in [0.05, 0.1) is 11.3 Å². The predicted molar refractivity (Wildman–Crippen MR) is 167 cm³/mol. The second kappa shape index (κ2) is 16.2. The van der Waals surface area contributed by atoms with Crippen molar-refractivity contribution >= 4 is 28.3 Å². The summed E-state index contributed by atoms with van der Waals surface area (Å²) in [6, 6.07) is 10.6. The number of nitrogens with zero attached hydrogens (tertiary/aromatic N) is 2. The fourth-order valence-electron chi connectivity index (χ4n) is 4.83. The summed E-state index contributed by atoms with van der Waals surface area (Å²) in [4.78, 5) is 21.8. The van der Waals surface area contributed by atoms with Crippen LogP contribution < -0.4 is 22.3 Å². The normalized spacial score (nSPS) is 13.7. The first-order valence-corrected chi connectivity index (χ1v) is 14.7. The van der Waals surface area contributed by atoms with E-state index in [1.54, 1.807) is 19.2 Å². The molecule has 0 atom stereocenters. The van der Waals surface area contributed by atoms with Gasteiger partial charge < -0.3 is 21.5 Å². The number of hydrogen-bond acceptors (Lipinski definition) is 6. The second-order valence-corrected chi connectivity index (χ2v) is 10.3. The number of likely N-dealkylation sites (tertiary alicyclic amines) is 1. The van der Waals surface area contributed by atoms with Crippen LogP contribution in [0.4, 0.5) is 28.9 Å². The molecule has 2 aromatic heterocycles. The molecule has 2 aromatic carbocycles. The van der Waals surface area contributed by atoms with Crippen LogP contribution in [0.5, 0.6) is 0 Å². The maximum absolute atomic E-state index is 14.7. The number of benzene rings is 2. The van der Waals surface area contributed by atoms with E-state index in [4.69, 9.17) is 11.6 Å². The second-order valence-electron chi connectivity index (χ2n) is 10.3. The van der Waals surface area contributed by atoms with Crippen molar-refractivity contribution in [1.82, 2.24) is 14.9 Å². The van der Waals surface area contributed by atoms with Gasteiger partial charge in [-0.1, -0.05) is 32.8 Å². The van der Waals surface area contributed by atoms with Crippen molar-refractivity contribution in [3.63, 3.8) is 0 Å². The number of nitrogens with two attached hydrogens (primary N) is 2. The number of carbonyl (C=O) groups is 1. The van der Waals surface area contributed by atoms with Crippen molar-refractivity contribution in [1.29, 1.82) is 0 Å². The Labute approximate surface area is 255 Å². The number of amides is 1. The Morgan fingerprint density at radius 1 is 1.05 bits per heavy atom. The first-order valence-electron chi connectivity index (χ1n) is 14.7. The van der Waals surface area contributed by atoms with Crippen molar-refractivity contribution in [2.75, 3.05) is 23.8 Å². The number of rotatable bonds is 6. The lowest BCUT2D eigenvalue weighted by molar-refractivity contribution is -0.140. The molecule has 1 amide bonds. The molecular weight excluding hydrogens is 574 g/mol. The van der Waals surface area contributed by atoms with E-state index in [2.05, 4.69) is 20.7 Å². The Morgan fingerprint density at radius 2 is 1.75 bits per heavy atom. The molecule has 1 aliphatic heterocycles. The highest BCUT2D eigenvalue weighted by Gasteiger charge is 2.36. The molecule has 0 radical (unpaired) electrons. The molecule has 1 saturated heterocycles. The molecule has 0 aliphatic carbocycles. The van der Waals surface area contributed by atoms with Crippen LogP contribution in [0.15, 0.2) is 54.9 Å². The van der Waals surface area contributed by atoms with Crippen LogP contribution in [0.2, 0.25) is 0 Å². The number of anilines is 2. The van der Waals surface area contributed by atoms with Crippen LogP contribution in [0, 0.1) is 12.7 Å². The molecule has 0 saturated carbocycles. The number of H-pyrrole nitrogens is 1. The molecule has 7 N–H and O–H groups in total. The molecule has 8 nitrogen and oxygen atoms in total. The molecule has 1 fully saturated rings. The first kappa shape index (κ1) is 34.5. The average molecular weight is 616 g/mol. The van der Waals surface area contributed by atoms with E-state index in [0.717, 1.165) is 47.8 Å². The number of aromatic nitrogens is 2. The smallest absolute Gasteiger partial charge is 0.346 e. The van der Waals surface area contributed by atoms with Crippen LogP contribution in [0.25, 0.3) is 11.0 Å². The molecule has 1 aliphatic rings. The Bertz CT molecular complexity index is 1510. The number of fused-ring (bicyclic) bond motifs is 1. The fraction of sp³-hybridized carbons (Fsp3) is 0.375. The SMILES string of the molecule is CC.Cc1ccc(C(=O)Nc2cc(CN3CCCCCC3)c(F)c(C(F)(F)F)c2)cc1NN.NCc1cnc2[nH]ccc2c1. The van der Waals surface area contributed by atoms with Gasteiger partial charge in [0.15, 0.2) is 0 Å². The number of carbonyl (C=O) groups excluding carboxylic acids is 1. The minimum atomic E-state index is -4.88. The quantitative estimate of drug-likeness (QED) is 0.0894. The van der Waals surface area contributed by atoms with Crippen LogP contribution in [-0.2, 0) is 19.3 Å². The molecule has 4 aromatic rings. The average Bonchev–Trinajstić information content (AvgIpc) is 3.34. The van der Waals surface area contributed by atoms with Crippen molar-refractivity contribution in [3.8, 4) is 0 Å². The number of alkyl halides is 3. The minimum Gasteiger partial charge on any atom is -0.346 e. The van der Waals surface area contributed by atoms with E-state index in [-0.39, 0.29) is 23.4 Å². The number of hydrazine groups is 1. The molecule has 5 rings (SSSR count). The Morgan fingerprint density at radius 3 is 2.39 bits per heavy atom. The van der Waals surface area contributed by atoms with E-state index < -0.39 is 23.5 Å². The van der Waals surface area contributed by atoms with E-state index in [0.29, 0.717) is 31.4 Å². The van der Waals surface area contributed by atoms with Gasteiger partial charge in [0.2, 0.25) is 0 Å². The number of aromatic amines is 1. The maximum atomic E-state index is 14.7. The number of pyridine rings is 1. The van der Waals surface area contributed by atoms with Crippen molar-refractivity contribution in [2.24, 2.45) is 11.6 Å². The standard InChI is InChI=1S/C22H26F4N4O.C8H9N3.C2H6/c1-14-6-7-15(11-19(14)29-27)21(31)28-17-10-16(13-30-8-4-2-3-5-9-30)20(23)18(12-17)22(24,25)26;9-4-6-3-7-1-2-10-8(7)11-5-6;1-2/h6-7,10-12,29H,2-5,8-9,13,27H2,1H3,(H,28,31);1-3,5H,4,9H2,(H,10,11);1-2H3. The summed E-state index contributed by atoms with van der Waals surface area (Å²) in [5, 5.41) is 3.58. The van der Waals surface area contributed by atoms with Gasteiger partial charge in [-0.05, 0) is 80.4 Å². The van der Waals surface area contributed by atoms with Crippen molar-refractivity contribution in [3.05, 3.63) is 88.5 Å². The lowest BCUT2D eigenvalue weighted by atomic mass is 10.1. The number of halogens is 4. The first-order chi connectivity index (χ1) is 21.1. The van der Waals surface area contributed by atoms with Crippen LogP contribution in [0.1, 0.15) is 72.1 Å². The molecule has 238 valence electrons. The topological polar surface area (TPSA) is 125 Å². The van der Waals surface area contributed by atoms with E-state index in [1.807, 2.05) is 37.1 Å². The summed E-state index contributed by atoms with van der Waals surface area (Å²) in [6.07, 6.45) is 2.75. The largest absolute Gasteiger partial charge is 0.419 e. The lowest BCUT2D eigenvalue weighted by Crippen LogP contribution is -2.25. The zero-order chi connectivity index (χ0) is 32.3. The molecule has 0 spiro atoms. The predicted octanol–water partition coefficient (Wildman–Crippen LogP) is 7.11. The van der Waals surface area contributed by atoms with Gasteiger partial charge in [0, 0.05) is 47.7 Å². The summed E-state index contributed by atoms with van der Waals surface area (Å²) in [6.45, 7) is 7.81. The van der Waals surface area contributed by atoms with E-state index >= 15 is 0 Å². The Kier molecular flexibility index (Phi) is 12.7. The van der Waals surface area contributed by atoms with Gasteiger partial charge in [-0.25, -0.2) is 9.37 Å². The van der Waals surface area contributed by atoms with Crippen LogP contribution in [-0.4, -0.2) is 33.9 Å². The van der Waals surface area contributed by atoms with Crippen molar-refractivity contribution < 1.29 is 22.4 Å². The summed E-state index contributed by atoms with van der Waals surface area (Å²) in [7, 11) is 0. The third kappa shape index (κ3) is 9.25. The molecule has 0 unspecified atom stereocenters. The number of aryl methyl sites for hydroxylation is 1. The van der Waals surface area contributed by atoms with Gasteiger partial charge in [-0.2, -0.15) is 13.2 Å². The van der Waals surface area contributed by atoms with Crippen molar-refractivity contribution in [2.45, 2.75) is 65.7 Å². The fourth-order valence-corrected chi connectivity index (χ4v) is 4.83. The van der Waals surface area contributed by atoms with Gasteiger partial charge >= 0.3 is 6.18 Å². The van der Waals surface area contributed by atoms with E-state index in [9.17, 15) is 22.4 Å². The Balaban J connectivity index is 0.000000336. The molecular formula is C32H41F4N7O. The van der Waals surface area contributed by atoms with Gasteiger partial charge in [0.1, 0.15) is 11.5 Å². The summed E-state index contributed by atoms with van der Waals surface area (Å²) in [5.41, 5.74) is 9.87. The van der Waals surface area contributed by atoms with Gasteiger partial charge in [-0.3, -0.25) is 15.5 Å². The molecule has 3 heterocycles. The monoisotopic (exact) mass is 615 g/mol. The maximum Gasteiger partial charge on any atom is 0.419 e. The number of nitrogens with one attached hydrogen (secondary N) is 3. The van der Waals surface area contributed by atoms with Gasteiger partial charge in [-0.15, -0.1) is 0 Å². The molecule has 0 bridgehead atoms. The third-order valence-corrected chi connectivity index (χ3v) is 7.15. The zero-order valence-electron chi connectivity index (χ0n) is 25.3. The van der Waals surface area contributed by atoms with Crippen LogP contribution >= 0.6 is 0 Å². The molecule has 12 heteroatoms. The highest BCUT2D eigenvalue weighted by Crippen LogP contribution is 2.35. The molecule has 44 heavy (non-hydrogen) atoms. The van der Waals surface area contributed by atoms with Gasteiger partial charge in [0.25, 0.3) is 5.91 Å². The lowest BCUT2D eigenvalue weighted by Gasteiger charge is -2.22. The van der Waals surface area contributed by atoms with Crippen LogP contribution in [0.3, 0.4) is 0 Å². The summed E-state index contributed by atoms with van der Waals surface area (Å²) >= 11 is 0. The number of hydrogen-bond donors (Lipinski definition) is 5. The highest BCUT2D eigenvalue weighted by atomic mass is 19.4. The number of nitrogen functional groups attached to an aromatic ring is 1. The third-order valence-electron chi connectivity index (χ3n) is 7.15.